The SMILES string of the molecule is CCCc1nnnn1-c1ccc(Br)cc1CC. The minimum absolute atomic E-state index is 0.895. The average molecular weight is 295 g/mol. The van der Waals surface area contributed by atoms with Crippen LogP contribution in [0.1, 0.15) is 31.7 Å². The number of hydrogen-bond donors (Lipinski definition) is 0. The number of aryl methyl sites for hydroxylation is 2. The number of rotatable bonds is 4. The molecular weight excluding hydrogens is 280 g/mol. The highest BCUT2D eigenvalue weighted by Gasteiger charge is 2.10. The van der Waals surface area contributed by atoms with E-state index in [2.05, 4.69) is 57.4 Å². The predicted octanol–water partition coefficient (Wildman–Crippen LogP) is 2.94. The van der Waals surface area contributed by atoms with Crippen LogP contribution < -0.4 is 0 Å². The van der Waals surface area contributed by atoms with Gasteiger partial charge in [0.15, 0.2) is 5.82 Å². The van der Waals surface area contributed by atoms with Crippen LogP contribution in [-0.2, 0) is 12.8 Å². The normalized spacial score (nSPS) is 10.8. The van der Waals surface area contributed by atoms with Gasteiger partial charge in [0.1, 0.15) is 0 Å². The summed E-state index contributed by atoms with van der Waals surface area (Å²) in [5, 5.41) is 11.9. The van der Waals surface area contributed by atoms with E-state index >= 15 is 0 Å². The zero-order valence-corrected chi connectivity index (χ0v) is 11.6. The Bertz CT molecular complexity index is 507. The Morgan fingerprint density at radius 2 is 2.12 bits per heavy atom. The van der Waals surface area contributed by atoms with Crippen LogP contribution in [0.5, 0.6) is 0 Å². The Morgan fingerprint density at radius 3 is 2.82 bits per heavy atom. The van der Waals surface area contributed by atoms with Crippen molar-refractivity contribution in [1.29, 1.82) is 0 Å². The zero-order valence-electron chi connectivity index (χ0n) is 10.0. The fraction of sp³-hybridized carbons (Fsp3) is 0.417. The molecule has 90 valence electrons. The van der Waals surface area contributed by atoms with E-state index in [1.54, 1.807) is 0 Å². The molecule has 0 atom stereocenters. The van der Waals surface area contributed by atoms with Crippen molar-refractivity contribution in [3.63, 3.8) is 0 Å². The van der Waals surface area contributed by atoms with Crippen LogP contribution in [0.3, 0.4) is 0 Å². The number of hydrogen-bond acceptors (Lipinski definition) is 3. The molecule has 0 N–H and O–H groups in total. The Balaban J connectivity index is 2.48. The molecule has 5 heteroatoms. The summed E-state index contributed by atoms with van der Waals surface area (Å²) in [5.41, 5.74) is 2.31. The first-order valence-corrected chi connectivity index (χ1v) is 6.61. The predicted molar refractivity (Wildman–Crippen MR) is 70.2 cm³/mol. The Hall–Kier alpha value is -1.23. The second kappa shape index (κ2) is 5.40. The highest BCUT2D eigenvalue weighted by molar-refractivity contribution is 9.10. The van der Waals surface area contributed by atoms with Gasteiger partial charge in [-0.15, -0.1) is 5.10 Å². The minimum atomic E-state index is 0.895. The third kappa shape index (κ3) is 2.54. The van der Waals surface area contributed by atoms with Gasteiger partial charge in [-0.2, -0.15) is 4.68 Å². The van der Waals surface area contributed by atoms with E-state index in [1.807, 2.05) is 10.7 Å². The van der Waals surface area contributed by atoms with Gasteiger partial charge in [-0.05, 0) is 47.0 Å². The van der Waals surface area contributed by atoms with Crippen molar-refractivity contribution in [3.05, 3.63) is 34.1 Å². The van der Waals surface area contributed by atoms with E-state index in [0.29, 0.717) is 0 Å². The van der Waals surface area contributed by atoms with E-state index in [0.717, 1.165) is 35.2 Å². The van der Waals surface area contributed by atoms with Gasteiger partial charge in [0.05, 0.1) is 5.69 Å². The monoisotopic (exact) mass is 294 g/mol. The van der Waals surface area contributed by atoms with Gasteiger partial charge in [0.25, 0.3) is 0 Å². The molecule has 1 aromatic carbocycles. The van der Waals surface area contributed by atoms with Gasteiger partial charge in [0, 0.05) is 10.9 Å². The quantitative estimate of drug-likeness (QED) is 0.871. The molecule has 0 aliphatic carbocycles. The summed E-state index contributed by atoms with van der Waals surface area (Å²) in [6.45, 7) is 4.26. The molecule has 0 bridgehead atoms. The van der Waals surface area contributed by atoms with Crippen LogP contribution in [-0.4, -0.2) is 20.2 Å². The lowest BCUT2D eigenvalue weighted by molar-refractivity contribution is 0.738. The summed E-state index contributed by atoms with van der Waals surface area (Å²) < 4.78 is 2.93. The number of nitrogens with zero attached hydrogens (tertiary/aromatic N) is 4. The summed E-state index contributed by atoms with van der Waals surface area (Å²) in [7, 11) is 0. The van der Waals surface area contributed by atoms with Gasteiger partial charge < -0.3 is 0 Å². The van der Waals surface area contributed by atoms with Crippen molar-refractivity contribution < 1.29 is 0 Å². The number of tetrazole rings is 1. The van der Waals surface area contributed by atoms with Crippen molar-refractivity contribution >= 4 is 15.9 Å². The molecule has 2 rings (SSSR count). The van der Waals surface area contributed by atoms with Gasteiger partial charge in [0.2, 0.25) is 0 Å². The molecule has 4 nitrogen and oxygen atoms in total. The summed E-state index contributed by atoms with van der Waals surface area (Å²) in [4.78, 5) is 0. The zero-order chi connectivity index (χ0) is 12.3. The molecule has 0 amide bonds. The highest BCUT2D eigenvalue weighted by Crippen LogP contribution is 2.21. The molecule has 1 aromatic heterocycles. The van der Waals surface area contributed by atoms with Crippen LogP contribution in [0, 0.1) is 0 Å². The summed E-state index contributed by atoms with van der Waals surface area (Å²) in [6, 6.07) is 6.19. The van der Waals surface area contributed by atoms with Gasteiger partial charge in [-0.25, -0.2) is 0 Å². The van der Waals surface area contributed by atoms with E-state index in [4.69, 9.17) is 0 Å². The third-order valence-electron chi connectivity index (χ3n) is 2.66. The van der Waals surface area contributed by atoms with E-state index in [1.165, 1.54) is 5.56 Å². The number of halogens is 1. The lowest BCUT2D eigenvalue weighted by Gasteiger charge is -2.09. The molecule has 1 heterocycles. The number of benzene rings is 1. The van der Waals surface area contributed by atoms with Gasteiger partial charge >= 0.3 is 0 Å². The van der Waals surface area contributed by atoms with Crippen molar-refractivity contribution in [1.82, 2.24) is 20.2 Å². The molecule has 0 spiro atoms. The molecule has 17 heavy (non-hydrogen) atoms. The second-order valence-corrected chi connectivity index (χ2v) is 4.80. The molecule has 0 saturated carbocycles. The van der Waals surface area contributed by atoms with Crippen molar-refractivity contribution in [3.8, 4) is 5.69 Å². The topological polar surface area (TPSA) is 43.6 Å². The molecule has 0 unspecified atom stereocenters. The number of aromatic nitrogens is 4. The second-order valence-electron chi connectivity index (χ2n) is 3.88. The third-order valence-corrected chi connectivity index (χ3v) is 3.15. The van der Waals surface area contributed by atoms with E-state index in [-0.39, 0.29) is 0 Å². The van der Waals surface area contributed by atoms with Crippen LogP contribution in [0.15, 0.2) is 22.7 Å². The van der Waals surface area contributed by atoms with Crippen LogP contribution in [0.25, 0.3) is 5.69 Å². The fourth-order valence-electron chi connectivity index (χ4n) is 1.82. The molecular formula is C12H15BrN4. The lowest BCUT2D eigenvalue weighted by atomic mass is 10.1. The highest BCUT2D eigenvalue weighted by atomic mass is 79.9. The lowest BCUT2D eigenvalue weighted by Crippen LogP contribution is -2.06. The maximum atomic E-state index is 4.08. The Kier molecular flexibility index (Phi) is 3.89. The van der Waals surface area contributed by atoms with E-state index in [9.17, 15) is 0 Å². The van der Waals surface area contributed by atoms with Gasteiger partial charge in [-0.1, -0.05) is 29.8 Å². The smallest absolute Gasteiger partial charge is 0.156 e. The largest absolute Gasteiger partial charge is 0.197 e. The average Bonchev–Trinajstić information content (AvgIpc) is 2.77. The Labute approximate surface area is 109 Å². The molecule has 0 radical (unpaired) electrons. The van der Waals surface area contributed by atoms with Gasteiger partial charge in [-0.3, -0.25) is 0 Å². The molecule has 0 fully saturated rings. The van der Waals surface area contributed by atoms with Crippen molar-refractivity contribution in [2.45, 2.75) is 33.1 Å². The molecule has 0 aliphatic rings. The van der Waals surface area contributed by atoms with Crippen LogP contribution >= 0.6 is 15.9 Å². The molecule has 2 aromatic rings. The van der Waals surface area contributed by atoms with E-state index < -0.39 is 0 Å². The standard InChI is InChI=1S/C12H15BrN4/c1-3-5-12-14-15-16-17(12)11-7-6-10(13)8-9(11)4-2/h6-8H,3-5H2,1-2H3. The minimum Gasteiger partial charge on any atom is -0.197 e. The molecule has 0 aliphatic heterocycles. The van der Waals surface area contributed by atoms with Crippen molar-refractivity contribution in [2.24, 2.45) is 0 Å². The van der Waals surface area contributed by atoms with Crippen molar-refractivity contribution in [2.75, 3.05) is 0 Å². The maximum Gasteiger partial charge on any atom is 0.156 e. The van der Waals surface area contributed by atoms with Crippen LogP contribution in [0.4, 0.5) is 0 Å². The Morgan fingerprint density at radius 1 is 1.29 bits per heavy atom. The summed E-state index contributed by atoms with van der Waals surface area (Å²) in [5.74, 6) is 0.921. The molecule has 0 saturated heterocycles. The fourth-order valence-corrected chi connectivity index (χ4v) is 2.22. The maximum absolute atomic E-state index is 4.08. The first-order chi connectivity index (χ1) is 8.26. The first kappa shape index (κ1) is 12.2. The summed E-state index contributed by atoms with van der Waals surface area (Å²) in [6.07, 6.45) is 2.89. The first-order valence-electron chi connectivity index (χ1n) is 5.82. The summed E-state index contributed by atoms with van der Waals surface area (Å²) >= 11 is 3.49. The van der Waals surface area contributed by atoms with Crippen LogP contribution in [0.2, 0.25) is 0 Å².